The molecule has 0 bridgehead atoms. The Balaban J connectivity index is 1.28. The lowest BCUT2D eigenvalue weighted by molar-refractivity contribution is 0.518. The summed E-state index contributed by atoms with van der Waals surface area (Å²) < 4.78 is 6.21. The molecule has 2 N–H and O–H groups in total. The number of nitrogens with one attached hydrogen (secondary N) is 2. The number of benzene rings is 1. The standard InChI is InChI=1S/C18H17N5OS3/c1-12-4-6-13(7-5-12)20-17-21-14(10-25-17)11-26-18-23-22-16(27-18)19-9-15-3-2-8-24-15/h2-8,10H,9,11H2,1H3,(H,19,22)(H,20,21). The third-order valence-electron chi connectivity index (χ3n) is 3.60. The van der Waals surface area contributed by atoms with E-state index in [1.807, 2.05) is 12.1 Å². The quantitative estimate of drug-likeness (QED) is 0.366. The van der Waals surface area contributed by atoms with E-state index in [0.717, 1.165) is 37.5 Å². The summed E-state index contributed by atoms with van der Waals surface area (Å²) in [6, 6.07) is 12.1. The van der Waals surface area contributed by atoms with Crippen molar-refractivity contribution in [2.45, 2.75) is 23.6 Å². The normalized spacial score (nSPS) is 10.9. The summed E-state index contributed by atoms with van der Waals surface area (Å²) in [5, 5.41) is 18.7. The molecule has 0 saturated heterocycles. The summed E-state index contributed by atoms with van der Waals surface area (Å²) in [7, 11) is 0. The predicted molar refractivity (Wildman–Crippen MR) is 112 cm³/mol. The van der Waals surface area contributed by atoms with Crippen molar-refractivity contribution in [1.82, 2.24) is 15.2 Å². The highest BCUT2D eigenvalue weighted by Crippen LogP contribution is 2.30. The molecule has 4 rings (SSSR count). The molecule has 3 heterocycles. The summed E-state index contributed by atoms with van der Waals surface area (Å²) in [4.78, 5) is 4.63. The first-order valence-corrected chi connectivity index (χ1v) is 10.9. The summed E-state index contributed by atoms with van der Waals surface area (Å²) >= 11 is 4.77. The Bertz CT molecular complexity index is 979. The van der Waals surface area contributed by atoms with Crippen LogP contribution in [0.3, 0.4) is 0 Å². The Kier molecular flexibility index (Phi) is 5.71. The van der Waals surface area contributed by atoms with Crippen LogP contribution in [-0.4, -0.2) is 15.2 Å². The van der Waals surface area contributed by atoms with Gasteiger partial charge in [0.25, 0.3) is 0 Å². The number of furan rings is 1. The van der Waals surface area contributed by atoms with Crippen LogP contribution in [-0.2, 0) is 12.3 Å². The van der Waals surface area contributed by atoms with E-state index in [1.54, 1.807) is 29.4 Å². The molecule has 0 fully saturated rings. The van der Waals surface area contributed by atoms with Crippen molar-refractivity contribution >= 4 is 50.4 Å². The summed E-state index contributed by atoms with van der Waals surface area (Å²) in [6.07, 6.45) is 1.66. The lowest BCUT2D eigenvalue weighted by Gasteiger charge is -2.02. The molecule has 0 spiro atoms. The third kappa shape index (κ3) is 5.09. The monoisotopic (exact) mass is 415 g/mol. The number of thiazole rings is 1. The Hall–Kier alpha value is -2.36. The van der Waals surface area contributed by atoms with Gasteiger partial charge in [0.2, 0.25) is 5.13 Å². The van der Waals surface area contributed by atoms with Crippen molar-refractivity contribution in [2.24, 2.45) is 0 Å². The molecule has 138 valence electrons. The van der Waals surface area contributed by atoms with Gasteiger partial charge in [0.15, 0.2) is 9.47 Å². The molecule has 0 atom stereocenters. The molecule has 0 aliphatic heterocycles. The largest absolute Gasteiger partial charge is 0.467 e. The topological polar surface area (TPSA) is 75.9 Å². The zero-order valence-corrected chi connectivity index (χ0v) is 17.0. The predicted octanol–water partition coefficient (Wildman–Crippen LogP) is 5.54. The second-order valence-electron chi connectivity index (χ2n) is 5.73. The number of aromatic nitrogens is 3. The average Bonchev–Trinajstić information content (AvgIpc) is 3.42. The number of anilines is 3. The maximum atomic E-state index is 5.29. The van der Waals surface area contributed by atoms with E-state index in [1.165, 1.54) is 16.9 Å². The highest BCUT2D eigenvalue weighted by Gasteiger charge is 2.08. The summed E-state index contributed by atoms with van der Waals surface area (Å²) in [5.74, 6) is 1.63. The van der Waals surface area contributed by atoms with Gasteiger partial charge in [0, 0.05) is 16.8 Å². The van der Waals surface area contributed by atoms with E-state index in [-0.39, 0.29) is 0 Å². The van der Waals surface area contributed by atoms with Gasteiger partial charge in [-0.1, -0.05) is 40.8 Å². The van der Waals surface area contributed by atoms with Crippen molar-refractivity contribution < 1.29 is 4.42 Å². The molecule has 0 unspecified atom stereocenters. The Morgan fingerprint density at radius 3 is 2.81 bits per heavy atom. The number of rotatable bonds is 8. The first-order chi connectivity index (χ1) is 13.2. The fourth-order valence-electron chi connectivity index (χ4n) is 2.24. The van der Waals surface area contributed by atoms with E-state index in [2.05, 4.69) is 62.4 Å². The zero-order valence-electron chi connectivity index (χ0n) is 14.5. The number of hydrogen-bond acceptors (Lipinski definition) is 9. The Morgan fingerprint density at radius 1 is 1.11 bits per heavy atom. The number of aryl methyl sites for hydroxylation is 1. The van der Waals surface area contributed by atoms with Gasteiger partial charge in [0.1, 0.15) is 5.76 Å². The van der Waals surface area contributed by atoms with Crippen LogP contribution in [0.5, 0.6) is 0 Å². The van der Waals surface area contributed by atoms with Crippen LogP contribution in [0.1, 0.15) is 17.0 Å². The Morgan fingerprint density at radius 2 is 2.00 bits per heavy atom. The molecule has 0 amide bonds. The van der Waals surface area contributed by atoms with Crippen molar-refractivity contribution in [3.8, 4) is 0 Å². The molecule has 0 aliphatic carbocycles. The third-order valence-corrected chi connectivity index (χ3v) is 6.45. The highest BCUT2D eigenvalue weighted by molar-refractivity contribution is 8.00. The second-order valence-corrected chi connectivity index (χ2v) is 8.79. The Labute approximate surface area is 169 Å². The lowest BCUT2D eigenvalue weighted by Crippen LogP contribution is -1.96. The van der Waals surface area contributed by atoms with Gasteiger partial charge in [0.05, 0.1) is 18.5 Å². The van der Waals surface area contributed by atoms with Gasteiger partial charge < -0.3 is 15.1 Å². The molecule has 6 nitrogen and oxygen atoms in total. The van der Waals surface area contributed by atoms with Crippen LogP contribution in [0.15, 0.2) is 56.8 Å². The van der Waals surface area contributed by atoms with Crippen molar-refractivity contribution in [2.75, 3.05) is 10.6 Å². The van der Waals surface area contributed by atoms with Crippen LogP contribution in [0.25, 0.3) is 0 Å². The minimum Gasteiger partial charge on any atom is -0.467 e. The number of thioether (sulfide) groups is 1. The van der Waals surface area contributed by atoms with Gasteiger partial charge in [-0.25, -0.2) is 4.98 Å². The van der Waals surface area contributed by atoms with E-state index in [9.17, 15) is 0 Å². The molecule has 1 aromatic carbocycles. The minimum atomic E-state index is 0.604. The number of nitrogens with zero attached hydrogens (tertiary/aromatic N) is 3. The maximum absolute atomic E-state index is 5.29. The van der Waals surface area contributed by atoms with Gasteiger partial charge >= 0.3 is 0 Å². The lowest BCUT2D eigenvalue weighted by atomic mass is 10.2. The van der Waals surface area contributed by atoms with Gasteiger partial charge in [-0.2, -0.15) is 0 Å². The van der Waals surface area contributed by atoms with Gasteiger partial charge in [-0.15, -0.1) is 21.5 Å². The van der Waals surface area contributed by atoms with Crippen LogP contribution < -0.4 is 10.6 Å². The van der Waals surface area contributed by atoms with Crippen LogP contribution >= 0.6 is 34.4 Å². The molecule has 0 radical (unpaired) electrons. The van der Waals surface area contributed by atoms with E-state index >= 15 is 0 Å². The first kappa shape index (κ1) is 18.0. The van der Waals surface area contributed by atoms with Gasteiger partial charge in [-0.3, -0.25) is 0 Å². The zero-order chi connectivity index (χ0) is 18.5. The number of hydrogen-bond donors (Lipinski definition) is 2. The molecule has 9 heteroatoms. The average molecular weight is 416 g/mol. The van der Waals surface area contributed by atoms with E-state index in [4.69, 9.17) is 4.42 Å². The van der Waals surface area contributed by atoms with Crippen LogP contribution in [0.2, 0.25) is 0 Å². The fraction of sp³-hybridized carbons (Fsp3) is 0.167. The van der Waals surface area contributed by atoms with Crippen molar-refractivity contribution in [1.29, 1.82) is 0 Å². The summed E-state index contributed by atoms with van der Waals surface area (Å²) in [5.41, 5.74) is 3.32. The molecule has 0 saturated carbocycles. The molecule has 3 aromatic heterocycles. The van der Waals surface area contributed by atoms with E-state index in [0.29, 0.717) is 6.54 Å². The minimum absolute atomic E-state index is 0.604. The molecular weight excluding hydrogens is 398 g/mol. The molecular formula is C18H17N5OS3. The maximum Gasteiger partial charge on any atom is 0.206 e. The van der Waals surface area contributed by atoms with E-state index < -0.39 is 0 Å². The first-order valence-electron chi connectivity index (χ1n) is 8.25. The van der Waals surface area contributed by atoms with Crippen molar-refractivity contribution in [3.63, 3.8) is 0 Å². The van der Waals surface area contributed by atoms with Gasteiger partial charge in [-0.05, 0) is 31.2 Å². The molecule has 4 aromatic rings. The smallest absolute Gasteiger partial charge is 0.206 e. The van der Waals surface area contributed by atoms with Crippen LogP contribution in [0, 0.1) is 6.92 Å². The summed E-state index contributed by atoms with van der Waals surface area (Å²) in [6.45, 7) is 2.68. The van der Waals surface area contributed by atoms with Crippen LogP contribution in [0.4, 0.5) is 16.0 Å². The molecule has 0 aliphatic rings. The SMILES string of the molecule is Cc1ccc(Nc2nc(CSc3nnc(NCc4ccco4)s3)cs2)cc1. The fourth-order valence-corrected chi connectivity index (χ4v) is 4.72. The molecule has 27 heavy (non-hydrogen) atoms. The second kappa shape index (κ2) is 8.55. The highest BCUT2D eigenvalue weighted by atomic mass is 32.2. The van der Waals surface area contributed by atoms with Crippen molar-refractivity contribution in [3.05, 3.63) is 65.1 Å².